The van der Waals surface area contributed by atoms with Crippen molar-refractivity contribution in [1.29, 1.82) is 0 Å². The molecule has 0 unspecified atom stereocenters. The number of hydrogen-bond donors (Lipinski definition) is 0. The number of aryl methyl sites for hydroxylation is 1. The SMILES string of the molecule is CCn1c(Cn2nc(-c3ccc(F)cc3)oc2=O)nc2cc(S(=O)(=O)N3CCCCC3)ccc21. The molecule has 3 heterocycles. The van der Waals surface area contributed by atoms with Crippen LogP contribution in [0, 0.1) is 5.82 Å². The molecule has 1 aliphatic rings. The molecule has 0 spiro atoms. The van der Waals surface area contributed by atoms with E-state index in [0.29, 0.717) is 36.5 Å². The molecule has 178 valence electrons. The smallest absolute Gasteiger partial charge is 0.388 e. The van der Waals surface area contributed by atoms with Crippen LogP contribution >= 0.6 is 0 Å². The molecule has 1 fully saturated rings. The van der Waals surface area contributed by atoms with Gasteiger partial charge in [-0.05, 0) is 62.2 Å². The van der Waals surface area contributed by atoms with Crippen LogP contribution in [-0.2, 0) is 23.1 Å². The van der Waals surface area contributed by atoms with Crippen molar-refractivity contribution in [3.8, 4) is 11.5 Å². The zero-order valence-electron chi connectivity index (χ0n) is 18.6. The fourth-order valence-electron chi connectivity index (χ4n) is 4.30. The van der Waals surface area contributed by atoms with E-state index in [9.17, 15) is 17.6 Å². The van der Waals surface area contributed by atoms with E-state index in [0.717, 1.165) is 29.5 Å². The van der Waals surface area contributed by atoms with Crippen LogP contribution in [0.5, 0.6) is 0 Å². The molecule has 2 aromatic heterocycles. The Bertz CT molecular complexity index is 1500. The Balaban J connectivity index is 1.48. The molecule has 0 amide bonds. The molecule has 4 aromatic rings. The lowest BCUT2D eigenvalue weighted by atomic mass is 10.2. The molecule has 0 N–H and O–H groups in total. The molecule has 0 atom stereocenters. The average molecular weight is 486 g/mol. The third kappa shape index (κ3) is 4.05. The van der Waals surface area contributed by atoms with E-state index in [1.165, 1.54) is 28.6 Å². The normalized spacial score (nSPS) is 15.2. The number of benzene rings is 2. The van der Waals surface area contributed by atoms with Gasteiger partial charge in [-0.2, -0.15) is 8.99 Å². The van der Waals surface area contributed by atoms with E-state index >= 15 is 0 Å². The molecular weight excluding hydrogens is 461 g/mol. The third-order valence-corrected chi connectivity index (χ3v) is 7.95. The predicted molar refractivity (Wildman–Crippen MR) is 123 cm³/mol. The third-order valence-electron chi connectivity index (χ3n) is 6.06. The molecule has 2 aromatic carbocycles. The average Bonchev–Trinajstić information content (AvgIpc) is 3.39. The number of nitrogens with zero attached hydrogens (tertiary/aromatic N) is 5. The van der Waals surface area contributed by atoms with Crippen LogP contribution < -0.4 is 5.76 Å². The number of rotatable bonds is 6. The summed E-state index contributed by atoms with van der Waals surface area (Å²) >= 11 is 0. The summed E-state index contributed by atoms with van der Waals surface area (Å²) < 4.78 is 49.2. The number of aromatic nitrogens is 4. The summed E-state index contributed by atoms with van der Waals surface area (Å²) in [4.78, 5) is 17.2. The van der Waals surface area contributed by atoms with Gasteiger partial charge in [0.05, 0.1) is 15.9 Å². The first-order chi connectivity index (χ1) is 16.4. The minimum Gasteiger partial charge on any atom is -0.388 e. The van der Waals surface area contributed by atoms with E-state index in [-0.39, 0.29) is 17.3 Å². The lowest BCUT2D eigenvalue weighted by Gasteiger charge is -2.25. The first kappa shape index (κ1) is 22.5. The highest BCUT2D eigenvalue weighted by atomic mass is 32.2. The van der Waals surface area contributed by atoms with E-state index in [2.05, 4.69) is 10.1 Å². The maximum Gasteiger partial charge on any atom is 0.437 e. The van der Waals surface area contributed by atoms with Gasteiger partial charge in [-0.3, -0.25) is 0 Å². The van der Waals surface area contributed by atoms with Crippen molar-refractivity contribution in [3.63, 3.8) is 0 Å². The second-order valence-corrected chi connectivity index (χ2v) is 10.2. The Labute approximate surface area is 195 Å². The monoisotopic (exact) mass is 485 g/mol. The fraction of sp³-hybridized carbons (Fsp3) is 0.348. The number of fused-ring (bicyclic) bond motifs is 1. The lowest BCUT2D eigenvalue weighted by molar-refractivity contribution is 0.346. The maximum absolute atomic E-state index is 13.2. The topological polar surface area (TPSA) is 103 Å². The first-order valence-corrected chi connectivity index (χ1v) is 12.6. The Hall–Kier alpha value is -3.31. The van der Waals surface area contributed by atoms with Gasteiger partial charge in [0.25, 0.3) is 0 Å². The van der Waals surface area contributed by atoms with Gasteiger partial charge < -0.3 is 8.98 Å². The Morgan fingerprint density at radius 1 is 1.06 bits per heavy atom. The number of piperidine rings is 1. The van der Waals surface area contributed by atoms with Crippen molar-refractivity contribution in [1.82, 2.24) is 23.6 Å². The van der Waals surface area contributed by atoms with E-state index < -0.39 is 21.6 Å². The standard InChI is InChI=1S/C23H24FN5O4S/c1-2-28-20-11-10-18(34(31,32)27-12-4-3-5-13-27)14-19(20)25-21(28)15-29-23(30)33-22(26-29)16-6-8-17(24)9-7-16/h6-11,14H,2-5,12-13,15H2,1H3. The van der Waals surface area contributed by atoms with Gasteiger partial charge in [0, 0.05) is 25.2 Å². The van der Waals surface area contributed by atoms with Gasteiger partial charge in [-0.15, -0.1) is 5.10 Å². The van der Waals surface area contributed by atoms with Crippen LogP contribution in [0.15, 0.2) is 56.6 Å². The van der Waals surface area contributed by atoms with Gasteiger partial charge in [0.1, 0.15) is 18.2 Å². The summed E-state index contributed by atoms with van der Waals surface area (Å²) in [6.45, 7) is 3.61. The predicted octanol–water partition coefficient (Wildman–Crippen LogP) is 3.23. The second-order valence-electron chi connectivity index (χ2n) is 8.23. The Morgan fingerprint density at radius 3 is 2.50 bits per heavy atom. The van der Waals surface area contributed by atoms with Crippen molar-refractivity contribution in [3.05, 3.63) is 64.7 Å². The van der Waals surface area contributed by atoms with Crippen LogP contribution in [0.25, 0.3) is 22.5 Å². The summed E-state index contributed by atoms with van der Waals surface area (Å²) in [6.07, 6.45) is 2.77. The largest absolute Gasteiger partial charge is 0.437 e. The molecule has 11 heteroatoms. The highest BCUT2D eigenvalue weighted by molar-refractivity contribution is 7.89. The minimum absolute atomic E-state index is 0.0419. The van der Waals surface area contributed by atoms with Crippen LogP contribution in [-0.4, -0.2) is 45.1 Å². The summed E-state index contributed by atoms with van der Waals surface area (Å²) in [5.74, 6) is -0.434. The zero-order valence-corrected chi connectivity index (χ0v) is 19.5. The summed E-state index contributed by atoms with van der Waals surface area (Å²) in [5.41, 5.74) is 1.78. The van der Waals surface area contributed by atoms with Crippen molar-refractivity contribution in [2.45, 2.75) is 44.2 Å². The molecule has 0 bridgehead atoms. The molecule has 0 aliphatic carbocycles. The number of sulfonamides is 1. The van der Waals surface area contributed by atoms with E-state index in [4.69, 9.17) is 4.42 Å². The molecule has 9 nitrogen and oxygen atoms in total. The second kappa shape index (κ2) is 8.80. The molecule has 0 radical (unpaired) electrons. The molecular formula is C23H24FN5O4S. The quantitative estimate of drug-likeness (QED) is 0.415. The molecule has 1 aliphatic heterocycles. The van der Waals surface area contributed by atoms with Crippen molar-refractivity contribution >= 4 is 21.1 Å². The number of hydrogen-bond acceptors (Lipinski definition) is 6. The highest BCUT2D eigenvalue weighted by Gasteiger charge is 2.27. The number of imidazole rings is 1. The number of halogens is 1. The summed E-state index contributed by atoms with van der Waals surface area (Å²) in [6, 6.07) is 10.4. The van der Waals surface area contributed by atoms with Crippen LogP contribution in [0.4, 0.5) is 4.39 Å². The highest BCUT2D eigenvalue weighted by Crippen LogP contribution is 2.25. The van der Waals surface area contributed by atoms with Crippen molar-refractivity contribution in [2.24, 2.45) is 0 Å². The van der Waals surface area contributed by atoms with Crippen molar-refractivity contribution < 1.29 is 17.2 Å². The first-order valence-electron chi connectivity index (χ1n) is 11.2. The molecule has 5 rings (SSSR count). The molecule has 0 saturated carbocycles. The lowest BCUT2D eigenvalue weighted by Crippen LogP contribution is -2.35. The summed E-state index contributed by atoms with van der Waals surface area (Å²) in [7, 11) is -3.58. The van der Waals surface area contributed by atoms with E-state index in [1.54, 1.807) is 18.2 Å². The Morgan fingerprint density at radius 2 is 1.79 bits per heavy atom. The molecule has 1 saturated heterocycles. The van der Waals surface area contributed by atoms with Gasteiger partial charge in [-0.25, -0.2) is 22.6 Å². The van der Waals surface area contributed by atoms with E-state index in [1.807, 2.05) is 11.5 Å². The van der Waals surface area contributed by atoms with Gasteiger partial charge in [0.2, 0.25) is 15.9 Å². The van der Waals surface area contributed by atoms with Crippen LogP contribution in [0.3, 0.4) is 0 Å². The maximum atomic E-state index is 13.2. The zero-order chi connectivity index (χ0) is 23.9. The van der Waals surface area contributed by atoms with Crippen molar-refractivity contribution in [2.75, 3.05) is 13.1 Å². The van der Waals surface area contributed by atoms with Gasteiger partial charge in [-0.1, -0.05) is 6.42 Å². The van der Waals surface area contributed by atoms with Crippen LogP contribution in [0.2, 0.25) is 0 Å². The Kier molecular flexibility index (Phi) is 5.82. The van der Waals surface area contributed by atoms with Gasteiger partial charge in [0.15, 0.2) is 0 Å². The summed E-state index contributed by atoms with van der Waals surface area (Å²) in [5, 5.41) is 4.23. The fourth-order valence-corrected chi connectivity index (χ4v) is 5.83. The molecule has 34 heavy (non-hydrogen) atoms. The van der Waals surface area contributed by atoms with Gasteiger partial charge >= 0.3 is 5.76 Å². The minimum atomic E-state index is -3.58. The van der Waals surface area contributed by atoms with Crippen LogP contribution in [0.1, 0.15) is 32.0 Å².